The van der Waals surface area contributed by atoms with Gasteiger partial charge in [0, 0.05) is 42.7 Å². The van der Waals surface area contributed by atoms with Gasteiger partial charge in [0.2, 0.25) is 5.91 Å². The summed E-state index contributed by atoms with van der Waals surface area (Å²) in [6, 6.07) is 19.0. The molecular weight excluding hydrogens is 597 g/mol. The second-order valence-electron chi connectivity index (χ2n) is 12.7. The minimum atomic E-state index is -4.81. The highest BCUT2D eigenvalue weighted by molar-refractivity contribution is 5.92. The number of hydrogen-bond donors (Lipinski definition) is 2. The van der Waals surface area contributed by atoms with Crippen molar-refractivity contribution in [3.63, 3.8) is 0 Å². The molecule has 244 valence electrons. The lowest BCUT2D eigenvalue weighted by molar-refractivity contribution is -0.274. The normalized spacial score (nSPS) is 25.9. The van der Waals surface area contributed by atoms with E-state index in [4.69, 9.17) is 4.74 Å². The topological polar surface area (TPSA) is 82.5 Å². The molecule has 0 radical (unpaired) electrons. The summed E-state index contributed by atoms with van der Waals surface area (Å²) in [5, 5.41) is 23.7. The summed E-state index contributed by atoms with van der Waals surface area (Å²) in [6.07, 6.45) is 1.63. The van der Waals surface area contributed by atoms with Crippen molar-refractivity contribution in [2.75, 3.05) is 27.2 Å². The number of aromatic hydroxyl groups is 1. The van der Waals surface area contributed by atoms with Gasteiger partial charge in [-0.25, -0.2) is 0 Å². The number of benzene rings is 3. The summed E-state index contributed by atoms with van der Waals surface area (Å²) in [5.41, 5.74) is 1.63. The van der Waals surface area contributed by atoms with E-state index in [2.05, 4.69) is 21.8 Å². The quantitative estimate of drug-likeness (QED) is 0.302. The van der Waals surface area contributed by atoms with Gasteiger partial charge >= 0.3 is 6.36 Å². The number of carbonyl (C=O) groups excluding carboxylic acids is 1. The average molecular weight is 637 g/mol. The van der Waals surface area contributed by atoms with E-state index in [9.17, 15) is 28.2 Å². The summed E-state index contributed by atoms with van der Waals surface area (Å²) in [5.74, 6) is -0.263. The number of halogens is 3. The number of piperidine rings is 1. The number of amides is 1. The standard InChI is InChI=1S/C36H39F3N2O5/c1-40(31(43)14-11-25-9-6-10-28(21-25)46-36(37,38)39)27-15-17-35(44)30-22-26-12-13-29(42)33(45-2)32(26)34(35,23-27)18-20-41(30)19-16-24-7-4-3-5-8-24/h3-14,21,27,30,42,44H,15-20,22-23H2,1-2H3/b14-11+/t27?,30-,34-,35-/m1/s1. The molecular formula is C36H39F3N2O5. The van der Waals surface area contributed by atoms with Gasteiger partial charge in [0.05, 0.1) is 12.7 Å². The molecule has 3 aliphatic rings. The first-order valence-corrected chi connectivity index (χ1v) is 15.6. The minimum Gasteiger partial charge on any atom is -0.504 e. The Labute approximate surface area is 266 Å². The van der Waals surface area contributed by atoms with Crippen molar-refractivity contribution >= 4 is 12.0 Å². The Hall–Kier alpha value is -4.02. The maximum Gasteiger partial charge on any atom is 0.573 e. The van der Waals surface area contributed by atoms with Crippen LogP contribution in [0.2, 0.25) is 0 Å². The number of likely N-dealkylation sites (tertiary alicyclic amines) is 1. The van der Waals surface area contributed by atoms with Crippen LogP contribution in [-0.2, 0) is 23.1 Å². The number of hydrogen-bond acceptors (Lipinski definition) is 6. The molecule has 1 saturated heterocycles. The molecule has 4 atom stereocenters. The van der Waals surface area contributed by atoms with E-state index in [0.717, 1.165) is 30.6 Å². The fourth-order valence-electron chi connectivity index (χ4n) is 8.16. The predicted octanol–water partition coefficient (Wildman–Crippen LogP) is 5.87. The molecule has 2 bridgehead atoms. The maximum atomic E-state index is 13.4. The molecule has 6 rings (SSSR count). The van der Waals surface area contributed by atoms with Crippen molar-refractivity contribution in [2.24, 2.45) is 0 Å². The number of ether oxygens (including phenoxy) is 2. The Bertz CT molecular complexity index is 1610. The second-order valence-corrected chi connectivity index (χ2v) is 12.7. The van der Waals surface area contributed by atoms with Gasteiger partial charge in [-0.15, -0.1) is 13.2 Å². The van der Waals surface area contributed by atoms with Crippen molar-refractivity contribution < 1.29 is 37.7 Å². The van der Waals surface area contributed by atoms with E-state index in [-0.39, 0.29) is 29.5 Å². The van der Waals surface area contributed by atoms with Crippen molar-refractivity contribution in [2.45, 2.75) is 68.0 Å². The second kappa shape index (κ2) is 12.3. The monoisotopic (exact) mass is 636 g/mol. The van der Waals surface area contributed by atoms with Gasteiger partial charge in [0.1, 0.15) is 5.75 Å². The Morgan fingerprint density at radius 3 is 2.63 bits per heavy atom. The summed E-state index contributed by atoms with van der Waals surface area (Å²) >= 11 is 0. The highest BCUT2D eigenvalue weighted by Crippen LogP contribution is 2.61. The zero-order valence-electron chi connectivity index (χ0n) is 26.0. The van der Waals surface area contributed by atoms with Crippen LogP contribution in [0, 0.1) is 0 Å². The minimum absolute atomic E-state index is 0.0224. The zero-order valence-corrected chi connectivity index (χ0v) is 26.0. The average Bonchev–Trinajstić information content (AvgIpc) is 3.02. The van der Waals surface area contributed by atoms with Crippen LogP contribution in [0.25, 0.3) is 6.08 Å². The predicted molar refractivity (Wildman–Crippen MR) is 168 cm³/mol. The molecule has 1 unspecified atom stereocenters. The van der Waals surface area contributed by atoms with Gasteiger partial charge in [0.25, 0.3) is 0 Å². The smallest absolute Gasteiger partial charge is 0.504 e. The van der Waals surface area contributed by atoms with E-state index in [1.54, 1.807) is 24.1 Å². The molecule has 2 N–H and O–H groups in total. The SMILES string of the molecule is COc1c(O)ccc2c1[C@]13CCN(CCc4ccccc4)[C@H](C2)[C@]1(O)CCC(N(C)C(=O)/C=C/c1cccc(OC(F)(F)F)c1)C3. The fourth-order valence-corrected chi connectivity index (χ4v) is 8.16. The fraction of sp³-hybridized carbons (Fsp3) is 0.417. The van der Waals surface area contributed by atoms with Crippen molar-refractivity contribution in [1.82, 2.24) is 9.80 Å². The molecule has 2 aliphatic carbocycles. The number of rotatable bonds is 8. The van der Waals surface area contributed by atoms with Crippen molar-refractivity contribution in [1.29, 1.82) is 0 Å². The first kappa shape index (κ1) is 31.9. The molecule has 46 heavy (non-hydrogen) atoms. The number of phenols is 1. The van der Waals surface area contributed by atoms with Crippen LogP contribution in [0.3, 0.4) is 0 Å². The Morgan fingerprint density at radius 2 is 1.89 bits per heavy atom. The summed E-state index contributed by atoms with van der Waals surface area (Å²) in [6.45, 7) is 1.55. The van der Waals surface area contributed by atoms with Crippen LogP contribution < -0.4 is 9.47 Å². The third kappa shape index (κ3) is 5.84. The number of likely N-dealkylation sites (N-methyl/N-ethyl adjacent to an activating group) is 1. The highest BCUT2D eigenvalue weighted by Gasteiger charge is 2.66. The number of carbonyl (C=O) groups is 1. The maximum absolute atomic E-state index is 13.4. The number of aliphatic hydroxyl groups is 1. The highest BCUT2D eigenvalue weighted by atomic mass is 19.4. The molecule has 1 heterocycles. The molecule has 0 spiro atoms. The largest absolute Gasteiger partial charge is 0.573 e. The first-order valence-electron chi connectivity index (χ1n) is 15.6. The van der Waals surface area contributed by atoms with Crippen LogP contribution >= 0.6 is 0 Å². The molecule has 10 heteroatoms. The lowest BCUT2D eigenvalue weighted by atomic mass is 9.48. The van der Waals surface area contributed by atoms with Crippen molar-refractivity contribution in [3.05, 3.63) is 95.1 Å². The summed E-state index contributed by atoms with van der Waals surface area (Å²) in [7, 11) is 3.25. The third-order valence-corrected chi connectivity index (χ3v) is 10.3. The van der Waals surface area contributed by atoms with E-state index in [1.807, 2.05) is 24.3 Å². The van der Waals surface area contributed by atoms with Crippen LogP contribution in [0.5, 0.6) is 17.2 Å². The van der Waals surface area contributed by atoms with Gasteiger partial charge < -0.3 is 24.6 Å². The van der Waals surface area contributed by atoms with E-state index in [1.165, 1.54) is 43.0 Å². The number of fused-ring (bicyclic) bond motifs is 1. The molecule has 1 aliphatic heterocycles. The van der Waals surface area contributed by atoms with Gasteiger partial charge in [-0.05, 0) is 86.0 Å². The van der Waals surface area contributed by atoms with E-state index < -0.39 is 17.4 Å². The van der Waals surface area contributed by atoms with Crippen LogP contribution in [-0.4, -0.2) is 77.2 Å². The molecule has 2 fully saturated rings. The zero-order chi connectivity index (χ0) is 32.7. The molecule has 1 amide bonds. The number of methoxy groups -OCH3 is 1. The summed E-state index contributed by atoms with van der Waals surface area (Å²) < 4.78 is 47.8. The van der Waals surface area contributed by atoms with Crippen LogP contribution in [0.4, 0.5) is 13.2 Å². The van der Waals surface area contributed by atoms with Gasteiger partial charge in [0.15, 0.2) is 11.5 Å². The van der Waals surface area contributed by atoms with Crippen LogP contribution in [0.15, 0.2) is 72.8 Å². The van der Waals surface area contributed by atoms with E-state index in [0.29, 0.717) is 43.4 Å². The number of nitrogens with zero attached hydrogens (tertiary/aromatic N) is 2. The third-order valence-electron chi connectivity index (χ3n) is 10.3. The first-order chi connectivity index (χ1) is 21.9. The Balaban J connectivity index is 1.27. The number of phenolic OH excluding ortho intramolecular Hbond substituents is 1. The Kier molecular flexibility index (Phi) is 8.54. The van der Waals surface area contributed by atoms with Gasteiger partial charge in [-0.1, -0.05) is 48.5 Å². The molecule has 1 saturated carbocycles. The lowest BCUT2D eigenvalue weighted by Crippen LogP contribution is -2.74. The molecule has 3 aromatic rings. The lowest BCUT2D eigenvalue weighted by Gasteiger charge is -2.65. The van der Waals surface area contributed by atoms with Crippen LogP contribution in [0.1, 0.15) is 47.9 Å². The number of alkyl halides is 3. The van der Waals surface area contributed by atoms with Gasteiger partial charge in [-0.3, -0.25) is 9.69 Å². The van der Waals surface area contributed by atoms with Gasteiger partial charge in [-0.2, -0.15) is 0 Å². The molecule has 3 aromatic carbocycles. The van der Waals surface area contributed by atoms with E-state index >= 15 is 0 Å². The Morgan fingerprint density at radius 1 is 1.11 bits per heavy atom. The molecule has 0 aromatic heterocycles. The van der Waals surface area contributed by atoms with Crippen molar-refractivity contribution in [3.8, 4) is 17.2 Å². The molecule has 7 nitrogen and oxygen atoms in total. The summed E-state index contributed by atoms with van der Waals surface area (Å²) in [4.78, 5) is 17.5.